The zero-order chi connectivity index (χ0) is 27.2. The van der Waals surface area contributed by atoms with Gasteiger partial charge in [0, 0.05) is 71.8 Å². The standard InChI is InChI=1S/C28H37ClN4O4S/c1-15-10-23(38-5)21(27(35)32-15)12-31-26(34)20-11-22(29)25-24(16(20)2)36-28(3,37-25)17-6-8-19(9-7-17)33-13-18(14-33)30-4/h10-11,17-19,30H,6-9,12-14H2,1-5H3,(H,31,34)(H,32,35). The van der Waals surface area contributed by atoms with Crippen LogP contribution in [-0.4, -0.2) is 60.1 Å². The number of likely N-dealkylation sites (N-methyl/N-ethyl adjacent to an activating group) is 1. The van der Waals surface area contributed by atoms with Crippen LogP contribution in [-0.2, 0) is 6.54 Å². The molecule has 2 aliphatic heterocycles. The van der Waals surface area contributed by atoms with E-state index in [2.05, 4.69) is 20.5 Å². The SMILES string of the molecule is CNC1CN(C2CCC(C3(C)Oc4c(Cl)cc(C(=O)NCc5c(SC)cc(C)[nH]c5=O)c(C)c4O3)CC2)C1. The van der Waals surface area contributed by atoms with Crippen molar-refractivity contribution in [1.82, 2.24) is 20.5 Å². The van der Waals surface area contributed by atoms with Crippen molar-refractivity contribution in [2.24, 2.45) is 5.92 Å². The number of nitrogens with zero attached hydrogens (tertiary/aromatic N) is 1. The van der Waals surface area contributed by atoms with Crippen LogP contribution in [0.15, 0.2) is 21.8 Å². The third-order valence-corrected chi connectivity index (χ3v) is 9.53. The quantitative estimate of drug-likeness (QED) is 0.436. The summed E-state index contributed by atoms with van der Waals surface area (Å²) >= 11 is 8.11. The minimum absolute atomic E-state index is 0.114. The highest BCUT2D eigenvalue weighted by molar-refractivity contribution is 7.98. The Labute approximate surface area is 233 Å². The maximum atomic E-state index is 13.2. The van der Waals surface area contributed by atoms with Crippen molar-refractivity contribution in [3.8, 4) is 11.5 Å². The van der Waals surface area contributed by atoms with Gasteiger partial charge in [0.2, 0.25) is 0 Å². The average Bonchev–Trinajstić information content (AvgIpc) is 3.24. The number of ether oxygens (including phenoxy) is 2. The zero-order valence-corrected chi connectivity index (χ0v) is 24.3. The Morgan fingerprint density at radius 3 is 2.53 bits per heavy atom. The van der Waals surface area contributed by atoms with E-state index in [0.717, 1.165) is 49.4 Å². The molecular weight excluding hydrogens is 524 g/mol. The molecule has 3 heterocycles. The predicted octanol–water partition coefficient (Wildman–Crippen LogP) is 4.25. The maximum Gasteiger partial charge on any atom is 0.254 e. The summed E-state index contributed by atoms with van der Waals surface area (Å²) in [5.41, 5.74) is 2.21. The predicted molar refractivity (Wildman–Crippen MR) is 151 cm³/mol. The van der Waals surface area contributed by atoms with Gasteiger partial charge in [0.15, 0.2) is 11.5 Å². The lowest BCUT2D eigenvalue weighted by Crippen LogP contribution is -2.61. The van der Waals surface area contributed by atoms with Gasteiger partial charge in [0.1, 0.15) is 0 Å². The van der Waals surface area contributed by atoms with E-state index in [4.69, 9.17) is 21.1 Å². The van der Waals surface area contributed by atoms with Gasteiger partial charge in [-0.2, -0.15) is 0 Å². The summed E-state index contributed by atoms with van der Waals surface area (Å²) in [5.74, 6) is 0.140. The summed E-state index contributed by atoms with van der Waals surface area (Å²) in [6.07, 6.45) is 6.19. The zero-order valence-electron chi connectivity index (χ0n) is 22.7. The number of aromatic amines is 1. The Balaban J connectivity index is 1.27. The Hall–Kier alpha value is -2.20. The number of pyridine rings is 1. The molecule has 1 amide bonds. The molecule has 1 atom stereocenters. The highest BCUT2D eigenvalue weighted by Gasteiger charge is 2.48. The number of hydrogen-bond acceptors (Lipinski definition) is 7. The van der Waals surface area contributed by atoms with Crippen LogP contribution in [0.1, 0.15) is 59.8 Å². The molecule has 0 radical (unpaired) electrons. The second-order valence-electron chi connectivity index (χ2n) is 10.9. The van der Waals surface area contributed by atoms with Gasteiger partial charge in [-0.15, -0.1) is 11.8 Å². The molecule has 38 heavy (non-hydrogen) atoms. The molecule has 5 rings (SSSR count). The third kappa shape index (κ3) is 5.06. The van der Waals surface area contributed by atoms with Crippen molar-refractivity contribution < 1.29 is 14.3 Å². The molecule has 10 heteroatoms. The van der Waals surface area contributed by atoms with Crippen LogP contribution in [0.3, 0.4) is 0 Å². The third-order valence-electron chi connectivity index (χ3n) is 8.44. The highest BCUT2D eigenvalue weighted by Crippen LogP contribution is 2.51. The van der Waals surface area contributed by atoms with E-state index in [-0.39, 0.29) is 23.9 Å². The number of fused-ring (bicyclic) bond motifs is 1. The first-order valence-electron chi connectivity index (χ1n) is 13.3. The summed E-state index contributed by atoms with van der Waals surface area (Å²) in [4.78, 5) is 31.9. The lowest BCUT2D eigenvalue weighted by Gasteiger charge is -2.47. The number of H-pyrrole nitrogens is 1. The van der Waals surface area contributed by atoms with E-state index >= 15 is 0 Å². The first-order chi connectivity index (χ1) is 18.1. The maximum absolute atomic E-state index is 13.2. The van der Waals surface area contributed by atoms with Crippen LogP contribution in [0.4, 0.5) is 0 Å². The van der Waals surface area contributed by atoms with Crippen LogP contribution >= 0.6 is 23.4 Å². The summed E-state index contributed by atoms with van der Waals surface area (Å²) in [6, 6.07) is 4.78. The first-order valence-corrected chi connectivity index (χ1v) is 14.9. The molecular formula is C28H37ClN4O4S. The van der Waals surface area contributed by atoms with Crippen LogP contribution in [0.25, 0.3) is 0 Å². The lowest BCUT2D eigenvalue weighted by molar-refractivity contribution is -0.126. The van der Waals surface area contributed by atoms with Gasteiger partial charge < -0.3 is 25.1 Å². The van der Waals surface area contributed by atoms with Gasteiger partial charge in [0.05, 0.1) is 5.02 Å². The summed E-state index contributed by atoms with van der Waals surface area (Å²) < 4.78 is 12.8. The van der Waals surface area contributed by atoms with Crippen LogP contribution in [0.2, 0.25) is 5.02 Å². The van der Waals surface area contributed by atoms with Crippen molar-refractivity contribution >= 4 is 29.3 Å². The van der Waals surface area contributed by atoms with Crippen LogP contribution in [0, 0.1) is 19.8 Å². The lowest BCUT2D eigenvalue weighted by atomic mass is 9.80. The topological polar surface area (TPSA) is 95.7 Å². The number of carbonyl (C=O) groups excluding carboxylic acids is 1. The van der Waals surface area contributed by atoms with Crippen molar-refractivity contribution in [3.63, 3.8) is 0 Å². The Bertz CT molecular complexity index is 1290. The summed E-state index contributed by atoms with van der Waals surface area (Å²) in [6.45, 7) is 8.04. The smallest absolute Gasteiger partial charge is 0.254 e. The van der Waals surface area contributed by atoms with Gasteiger partial charge in [-0.05, 0) is 65.0 Å². The summed E-state index contributed by atoms with van der Waals surface area (Å²) in [7, 11) is 2.03. The first kappa shape index (κ1) is 27.4. The molecule has 2 fully saturated rings. The Morgan fingerprint density at radius 1 is 1.18 bits per heavy atom. The average molecular weight is 561 g/mol. The number of aryl methyl sites for hydroxylation is 1. The highest BCUT2D eigenvalue weighted by atomic mass is 35.5. The molecule has 0 spiro atoms. The number of likely N-dealkylation sites (tertiary alicyclic amines) is 1. The van der Waals surface area contributed by atoms with Gasteiger partial charge in [0.25, 0.3) is 17.3 Å². The van der Waals surface area contributed by atoms with Gasteiger partial charge in [-0.25, -0.2) is 0 Å². The fourth-order valence-corrected chi connectivity index (χ4v) is 6.95. The Kier molecular flexibility index (Phi) is 7.75. The number of halogens is 1. The molecule has 1 unspecified atom stereocenters. The van der Waals surface area contributed by atoms with Gasteiger partial charge >= 0.3 is 0 Å². The normalized spacial score (nSPS) is 25.3. The number of rotatable bonds is 7. The molecule has 3 N–H and O–H groups in total. The fourth-order valence-electron chi connectivity index (χ4n) is 6.01. The minimum atomic E-state index is -0.818. The summed E-state index contributed by atoms with van der Waals surface area (Å²) in [5, 5.41) is 6.59. The van der Waals surface area contributed by atoms with E-state index in [1.54, 1.807) is 6.07 Å². The number of benzene rings is 1. The number of aromatic nitrogens is 1. The van der Waals surface area contributed by atoms with Crippen molar-refractivity contribution in [2.75, 3.05) is 26.4 Å². The number of nitrogens with one attached hydrogen (secondary N) is 3. The molecule has 3 aliphatic rings. The number of carbonyl (C=O) groups is 1. The number of amides is 1. The second kappa shape index (κ2) is 10.8. The molecule has 1 aliphatic carbocycles. The van der Waals surface area contributed by atoms with Crippen molar-refractivity contribution in [1.29, 1.82) is 0 Å². The molecule has 1 aromatic carbocycles. The fraction of sp³-hybridized carbons (Fsp3) is 0.571. The largest absolute Gasteiger partial charge is 0.448 e. The van der Waals surface area contributed by atoms with E-state index < -0.39 is 5.79 Å². The monoisotopic (exact) mass is 560 g/mol. The van der Waals surface area contributed by atoms with Gasteiger partial charge in [-0.3, -0.25) is 14.5 Å². The number of hydrogen-bond donors (Lipinski definition) is 3. The van der Waals surface area contributed by atoms with E-state index in [1.165, 1.54) is 11.8 Å². The molecule has 8 nitrogen and oxygen atoms in total. The van der Waals surface area contributed by atoms with Gasteiger partial charge in [-0.1, -0.05) is 11.6 Å². The van der Waals surface area contributed by atoms with Crippen molar-refractivity contribution in [2.45, 2.75) is 75.8 Å². The van der Waals surface area contributed by atoms with E-state index in [1.807, 2.05) is 40.1 Å². The molecule has 1 saturated heterocycles. The molecule has 206 valence electrons. The van der Waals surface area contributed by atoms with E-state index in [9.17, 15) is 9.59 Å². The number of thioether (sulfide) groups is 1. The van der Waals surface area contributed by atoms with Crippen molar-refractivity contribution in [3.05, 3.63) is 49.9 Å². The van der Waals surface area contributed by atoms with Crippen LogP contribution in [0.5, 0.6) is 11.5 Å². The van der Waals surface area contributed by atoms with Crippen LogP contribution < -0.4 is 25.7 Å². The molecule has 1 saturated carbocycles. The second-order valence-corrected chi connectivity index (χ2v) is 12.1. The Morgan fingerprint density at radius 2 is 1.87 bits per heavy atom. The molecule has 1 aromatic heterocycles. The van der Waals surface area contributed by atoms with E-state index in [0.29, 0.717) is 45.3 Å². The minimum Gasteiger partial charge on any atom is -0.448 e. The molecule has 2 aromatic rings. The molecule has 0 bridgehead atoms.